The van der Waals surface area contributed by atoms with Crippen molar-refractivity contribution in [2.24, 2.45) is 5.73 Å². The van der Waals surface area contributed by atoms with Crippen LogP contribution in [0.25, 0.3) is 22.4 Å². The number of aromatic nitrogens is 2. The molecule has 30 heavy (non-hydrogen) atoms. The van der Waals surface area contributed by atoms with E-state index in [1.807, 2.05) is 0 Å². The molecular formula is C19H19N5O5S. The lowest BCUT2D eigenvalue weighted by atomic mass is 9.83. The number of ether oxygens (including phenoxy) is 1. The number of rotatable bonds is 5. The Labute approximate surface area is 171 Å². The summed E-state index contributed by atoms with van der Waals surface area (Å²) in [7, 11) is -1.96. The van der Waals surface area contributed by atoms with Crippen molar-refractivity contribution in [1.29, 1.82) is 0 Å². The summed E-state index contributed by atoms with van der Waals surface area (Å²) < 4.78 is 30.7. The molecule has 11 heteroatoms. The van der Waals surface area contributed by atoms with E-state index in [0.717, 1.165) is 6.26 Å². The van der Waals surface area contributed by atoms with Crippen LogP contribution in [0, 0.1) is 0 Å². The van der Waals surface area contributed by atoms with Crippen molar-refractivity contribution in [1.82, 2.24) is 9.97 Å². The first-order chi connectivity index (χ1) is 14.0. The maximum Gasteiger partial charge on any atom is 0.244 e. The van der Waals surface area contributed by atoms with Gasteiger partial charge in [0.15, 0.2) is 5.41 Å². The number of hydrogen-bond donors (Lipinski definition) is 4. The fourth-order valence-corrected chi connectivity index (χ4v) is 4.04. The Morgan fingerprint density at radius 2 is 2.00 bits per heavy atom. The zero-order valence-electron chi connectivity index (χ0n) is 16.4. The number of H-pyrrole nitrogens is 1. The van der Waals surface area contributed by atoms with Crippen LogP contribution in [0.5, 0.6) is 5.75 Å². The van der Waals surface area contributed by atoms with Crippen molar-refractivity contribution < 1.29 is 22.7 Å². The van der Waals surface area contributed by atoms with Crippen molar-refractivity contribution in [3.63, 3.8) is 0 Å². The highest BCUT2D eigenvalue weighted by Gasteiger charge is 2.48. The first-order valence-corrected chi connectivity index (χ1v) is 10.7. The highest BCUT2D eigenvalue weighted by Crippen LogP contribution is 2.40. The predicted octanol–water partition coefficient (Wildman–Crippen LogP) is 1.31. The highest BCUT2D eigenvalue weighted by atomic mass is 32.2. The van der Waals surface area contributed by atoms with Gasteiger partial charge in [-0.2, -0.15) is 0 Å². The normalized spacial score (nSPS) is 18.2. The molecule has 4 rings (SSSR count). The van der Waals surface area contributed by atoms with Gasteiger partial charge >= 0.3 is 0 Å². The minimum atomic E-state index is -3.43. The second-order valence-corrected chi connectivity index (χ2v) is 8.98. The number of primary amides is 1. The molecule has 156 valence electrons. The number of carbonyl (C=O) groups excluding carboxylic acids is 2. The molecule has 10 nitrogen and oxygen atoms in total. The molecule has 0 saturated carbocycles. The van der Waals surface area contributed by atoms with Crippen LogP contribution in [-0.4, -0.2) is 43.6 Å². The molecule has 0 aliphatic carbocycles. The van der Waals surface area contributed by atoms with E-state index in [4.69, 9.17) is 10.5 Å². The predicted molar refractivity (Wildman–Crippen MR) is 112 cm³/mol. The smallest absolute Gasteiger partial charge is 0.244 e. The first-order valence-electron chi connectivity index (χ1n) is 8.84. The summed E-state index contributed by atoms with van der Waals surface area (Å²) in [6, 6.07) is 8.16. The van der Waals surface area contributed by atoms with E-state index in [9.17, 15) is 18.0 Å². The van der Waals surface area contributed by atoms with E-state index in [1.165, 1.54) is 14.0 Å². The number of fused-ring (bicyclic) bond motifs is 2. The third kappa shape index (κ3) is 3.03. The van der Waals surface area contributed by atoms with Gasteiger partial charge in [0.25, 0.3) is 0 Å². The lowest BCUT2D eigenvalue weighted by Crippen LogP contribution is -2.44. The van der Waals surface area contributed by atoms with Crippen molar-refractivity contribution in [3.05, 3.63) is 35.9 Å². The summed E-state index contributed by atoms with van der Waals surface area (Å²) in [5.74, 6) is -0.337. The van der Waals surface area contributed by atoms with Crippen LogP contribution in [0.3, 0.4) is 0 Å². The first kappa shape index (κ1) is 19.7. The summed E-state index contributed by atoms with van der Waals surface area (Å²) in [5.41, 5.74) is 7.10. The molecule has 3 aromatic rings. The van der Waals surface area contributed by atoms with Crippen LogP contribution < -0.4 is 20.5 Å². The Balaban J connectivity index is 1.81. The average Bonchev–Trinajstić information content (AvgIpc) is 3.17. The number of nitrogens with two attached hydrogens (primary N) is 1. The van der Waals surface area contributed by atoms with Gasteiger partial charge in [0, 0.05) is 17.3 Å². The quantitative estimate of drug-likeness (QED) is 0.448. The lowest BCUT2D eigenvalue weighted by molar-refractivity contribution is -0.131. The molecule has 1 aromatic heterocycles. The van der Waals surface area contributed by atoms with E-state index >= 15 is 0 Å². The average molecular weight is 429 g/mol. The molecule has 0 radical (unpaired) electrons. The van der Waals surface area contributed by atoms with E-state index in [0.29, 0.717) is 45.1 Å². The number of carbonyl (C=O) groups is 2. The molecule has 1 aliphatic heterocycles. The van der Waals surface area contributed by atoms with Gasteiger partial charge in [0.05, 0.1) is 35.6 Å². The summed E-state index contributed by atoms with van der Waals surface area (Å²) in [4.78, 5) is 31.9. The molecule has 0 saturated heterocycles. The maximum atomic E-state index is 12.3. The lowest BCUT2D eigenvalue weighted by Gasteiger charge is -2.17. The number of imidazole rings is 1. The van der Waals surface area contributed by atoms with Gasteiger partial charge in [-0.05, 0) is 31.2 Å². The number of nitrogens with zero attached hydrogens (tertiary/aromatic N) is 1. The van der Waals surface area contributed by atoms with E-state index in [-0.39, 0.29) is 0 Å². The van der Waals surface area contributed by atoms with Crippen LogP contribution in [0.1, 0.15) is 12.5 Å². The zero-order chi connectivity index (χ0) is 21.8. The number of nitrogens with one attached hydrogen (secondary N) is 3. The van der Waals surface area contributed by atoms with Gasteiger partial charge in [-0.15, -0.1) is 0 Å². The van der Waals surface area contributed by atoms with E-state index in [1.54, 1.807) is 30.3 Å². The van der Waals surface area contributed by atoms with Gasteiger partial charge in [-0.25, -0.2) is 13.4 Å². The number of amides is 2. The Hall–Kier alpha value is -3.60. The summed E-state index contributed by atoms with van der Waals surface area (Å²) in [6.07, 6.45) is 1.06. The number of aromatic amines is 1. The molecule has 1 unspecified atom stereocenters. The molecule has 5 N–H and O–H groups in total. The number of benzene rings is 2. The van der Waals surface area contributed by atoms with Gasteiger partial charge in [0.1, 0.15) is 11.6 Å². The van der Waals surface area contributed by atoms with E-state index < -0.39 is 27.3 Å². The molecule has 0 spiro atoms. The van der Waals surface area contributed by atoms with Crippen molar-refractivity contribution in [2.45, 2.75) is 12.3 Å². The highest BCUT2D eigenvalue weighted by molar-refractivity contribution is 7.92. The third-order valence-electron chi connectivity index (χ3n) is 5.11. The Morgan fingerprint density at radius 1 is 1.27 bits per heavy atom. The van der Waals surface area contributed by atoms with Crippen molar-refractivity contribution in [3.8, 4) is 17.1 Å². The summed E-state index contributed by atoms with van der Waals surface area (Å²) >= 11 is 0. The van der Waals surface area contributed by atoms with Crippen LogP contribution >= 0.6 is 0 Å². The minimum absolute atomic E-state index is 0.355. The molecule has 1 aliphatic rings. The Kier molecular flexibility index (Phi) is 4.24. The van der Waals surface area contributed by atoms with Crippen molar-refractivity contribution >= 4 is 44.2 Å². The second-order valence-electron chi connectivity index (χ2n) is 7.23. The Bertz CT molecular complexity index is 1330. The molecule has 0 bridgehead atoms. The van der Waals surface area contributed by atoms with Crippen molar-refractivity contribution in [2.75, 3.05) is 23.4 Å². The second kappa shape index (κ2) is 6.46. The van der Waals surface area contributed by atoms with Crippen LogP contribution in [0.4, 0.5) is 11.4 Å². The standard InChI is InChI=1S/C19H19N5O5S/c1-19(17(20)25)11-7-13-14(8-12(11)23-18(19)26)22-16(21-13)10-5-4-9(6-15(10)29-2)24-30(3,27)28/h4-8,24H,1-3H3,(H2,20,25)(H,21,22)(H,23,26). The maximum absolute atomic E-state index is 12.3. The van der Waals surface area contributed by atoms with E-state index in [2.05, 4.69) is 20.0 Å². The third-order valence-corrected chi connectivity index (χ3v) is 5.72. The Morgan fingerprint density at radius 3 is 2.63 bits per heavy atom. The fourth-order valence-electron chi connectivity index (χ4n) is 3.48. The SMILES string of the molecule is COc1cc(NS(C)(=O)=O)ccc1-c1nc2cc3c(cc2[nH]1)C(C)(C(N)=O)C(=O)N3. The topological polar surface area (TPSA) is 156 Å². The number of sulfonamides is 1. The molecule has 2 amide bonds. The molecule has 2 aromatic carbocycles. The molecule has 2 heterocycles. The van der Waals surface area contributed by atoms with Gasteiger partial charge in [-0.1, -0.05) is 0 Å². The number of anilines is 2. The van der Waals surface area contributed by atoms with Crippen LogP contribution in [-0.2, 0) is 25.0 Å². The fraction of sp³-hybridized carbons (Fsp3) is 0.211. The summed E-state index contributed by atoms with van der Waals surface area (Å²) in [5, 5.41) is 2.68. The molecule has 1 atom stereocenters. The zero-order valence-corrected chi connectivity index (χ0v) is 17.2. The molecular weight excluding hydrogens is 410 g/mol. The van der Waals surface area contributed by atoms with Crippen LogP contribution in [0.15, 0.2) is 30.3 Å². The van der Waals surface area contributed by atoms with Gasteiger partial charge in [0.2, 0.25) is 21.8 Å². The molecule has 0 fully saturated rings. The van der Waals surface area contributed by atoms with Crippen LogP contribution in [0.2, 0.25) is 0 Å². The largest absolute Gasteiger partial charge is 0.496 e. The monoisotopic (exact) mass is 429 g/mol. The van der Waals surface area contributed by atoms with Gasteiger partial charge in [-0.3, -0.25) is 14.3 Å². The van der Waals surface area contributed by atoms with Gasteiger partial charge < -0.3 is 20.8 Å². The number of methoxy groups -OCH3 is 1. The number of hydrogen-bond acceptors (Lipinski definition) is 6. The summed E-state index contributed by atoms with van der Waals surface area (Å²) in [6.45, 7) is 1.48. The minimum Gasteiger partial charge on any atom is -0.496 e.